The van der Waals surface area contributed by atoms with Crippen LogP contribution in [0.15, 0.2) is 18.2 Å². The summed E-state index contributed by atoms with van der Waals surface area (Å²) in [6.45, 7) is 9.82. The quantitative estimate of drug-likeness (QED) is 0.907. The smallest absolute Gasteiger partial charge is 0.263 e. The summed E-state index contributed by atoms with van der Waals surface area (Å²) >= 11 is 0. The highest BCUT2D eigenvalue weighted by Gasteiger charge is 2.27. The zero-order valence-corrected chi connectivity index (χ0v) is 15.1. The van der Waals surface area contributed by atoms with E-state index in [0.717, 1.165) is 42.8 Å². The van der Waals surface area contributed by atoms with Gasteiger partial charge in [-0.1, -0.05) is 26.0 Å². The molecule has 1 aromatic carbocycles. The minimum Gasteiger partial charge on any atom is -0.481 e. The monoisotopic (exact) mass is 318 g/mol. The van der Waals surface area contributed by atoms with Crippen molar-refractivity contribution in [3.8, 4) is 5.75 Å². The first-order valence-electron chi connectivity index (χ1n) is 8.65. The number of nitrogens with one attached hydrogen (secondary N) is 1. The number of rotatable bonds is 5. The maximum absolute atomic E-state index is 12.6. The van der Waals surface area contributed by atoms with Crippen LogP contribution in [0.5, 0.6) is 5.75 Å². The van der Waals surface area contributed by atoms with Crippen molar-refractivity contribution in [2.24, 2.45) is 0 Å². The molecule has 1 N–H and O–H groups in total. The summed E-state index contributed by atoms with van der Waals surface area (Å²) in [6.07, 6.45) is 1.58. The van der Waals surface area contributed by atoms with Crippen molar-refractivity contribution >= 4 is 5.91 Å². The minimum atomic E-state index is -0.444. The Labute approximate surface area is 140 Å². The number of benzene rings is 1. The molecule has 1 atom stereocenters. The summed E-state index contributed by atoms with van der Waals surface area (Å²) in [7, 11) is 1.99. The van der Waals surface area contributed by atoms with Crippen molar-refractivity contribution in [1.82, 2.24) is 10.2 Å². The summed E-state index contributed by atoms with van der Waals surface area (Å²) in [4.78, 5) is 14.6. The molecule has 1 saturated heterocycles. The highest BCUT2D eigenvalue weighted by molar-refractivity contribution is 5.81. The van der Waals surface area contributed by atoms with E-state index in [1.807, 2.05) is 31.9 Å². The van der Waals surface area contributed by atoms with Crippen LogP contribution < -0.4 is 10.1 Å². The summed E-state index contributed by atoms with van der Waals surface area (Å²) < 4.78 is 6.05. The van der Waals surface area contributed by atoms with Gasteiger partial charge in [0.1, 0.15) is 5.75 Å². The standard InChI is InChI=1S/C19H30N2O2/c1-13(2)17-7-6-14(3)12-18(17)23-15(4)19(22)21-10-8-16(20-5)9-11-21/h6-7,12-13,15-16,20H,8-11H2,1-5H3. The van der Waals surface area contributed by atoms with Crippen LogP contribution in [0.2, 0.25) is 0 Å². The van der Waals surface area contributed by atoms with Crippen LogP contribution >= 0.6 is 0 Å². The number of carbonyl (C=O) groups is 1. The summed E-state index contributed by atoms with van der Waals surface area (Å²) in [6, 6.07) is 6.76. The van der Waals surface area contributed by atoms with Crippen LogP contribution in [0.1, 0.15) is 50.7 Å². The SMILES string of the molecule is CNC1CCN(C(=O)C(C)Oc2cc(C)ccc2C(C)C)CC1. The Kier molecular flexibility index (Phi) is 6.05. The molecule has 1 aromatic rings. The van der Waals surface area contributed by atoms with Crippen molar-refractivity contribution in [2.75, 3.05) is 20.1 Å². The number of amides is 1. The van der Waals surface area contributed by atoms with Gasteiger partial charge >= 0.3 is 0 Å². The average Bonchev–Trinajstić information content (AvgIpc) is 2.54. The van der Waals surface area contributed by atoms with Gasteiger partial charge in [-0.05, 0) is 56.8 Å². The number of ether oxygens (including phenoxy) is 1. The predicted octanol–water partition coefficient (Wildman–Crippen LogP) is 3.10. The molecule has 1 heterocycles. The van der Waals surface area contributed by atoms with E-state index in [9.17, 15) is 4.79 Å². The molecule has 128 valence electrons. The van der Waals surface area contributed by atoms with Gasteiger partial charge < -0.3 is 15.0 Å². The van der Waals surface area contributed by atoms with Gasteiger partial charge in [-0.15, -0.1) is 0 Å². The first-order valence-corrected chi connectivity index (χ1v) is 8.65. The van der Waals surface area contributed by atoms with E-state index < -0.39 is 6.10 Å². The number of nitrogens with zero attached hydrogens (tertiary/aromatic N) is 1. The van der Waals surface area contributed by atoms with Crippen molar-refractivity contribution in [3.05, 3.63) is 29.3 Å². The summed E-state index contributed by atoms with van der Waals surface area (Å²) in [5, 5.41) is 3.29. The zero-order chi connectivity index (χ0) is 17.0. The molecule has 1 aliphatic heterocycles. The Morgan fingerprint density at radius 2 is 1.91 bits per heavy atom. The van der Waals surface area contributed by atoms with E-state index in [0.29, 0.717) is 12.0 Å². The lowest BCUT2D eigenvalue weighted by Crippen LogP contribution is -2.48. The average molecular weight is 318 g/mol. The minimum absolute atomic E-state index is 0.0933. The number of likely N-dealkylation sites (tertiary alicyclic amines) is 1. The van der Waals surface area contributed by atoms with Gasteiger partial charge in [-0.2, -0.15) is 0 Å². The van der Waals surface area contributed by atoms with Gasteiger partial charge in [-0.25, -0.2) is 0 Å². The summed E-state index contributed by atoms with van der Waals surface area (Å²) in [5.41, 5.74) is 2.31. The normalized spacial score (nSPS) is 17.4. The highest BCUT2D eigenvalue weighted by atomic mass is 16.5. The van der Waals surface area contributed by atoms with Gasteiger partial charge in [0.2, 0.25) is 0 Å². The Hall–Kier alpha value is -1.55. The third kappa shape index (κ3) is 4.47. The lowest BCUT2D eigenvalue weighted by atomic mass is 10.0. The molecule has 1 amide bonds. The molecule has 4 heteroatoms. The zero-order valence-electron chi connectivity index (χ0n) is 15.1. The van der Waals surface area contributed by atoms with Gasteiger partial charge in [0.25, 0.3) is 5.91 Å². The highest BCUT2D eigenvalue weighted by Crippen LogP contribution is 2.28. The number of aryl methyl sites for hydroxylation is 1. The van der Waals surface area contributed by atoms with Crippen molar-refractivity contribution in [1.29, 1.82) is 0 Å². The van der Waals surface area contributed by atoms with Crippen LogP contribution in [0.25, 0.3) is 0 Å². The first-order chi connectivity index (χ1) is 10.9. The molecule has 4 nitrogen and oxygen atoms in total. The predicted molar refractivity (Wildman–Crippen MR) is 94.0 cm³/mol. The van der Waals surface area contributed by atoms with E-state index in [1.54, 1.807) is 0 Å². The second kappa shape index (κ2) is 7.82. The molecular weight excluding hydrogens is 288 g/mol. The fraction of sp³-hybridized carbons (Fsp3) is 0.632. The fourth-order valence-electron chi connectivity index (χ4n) is 3.11. The van der Waals surface area contributed by atoms with E-state index in [4.69, 9.17) is 4.74 Å². The second-order valence-electron chi connectivity index (χ2n) is 6.84. The molecule has 1 fully saturated rings. The number of hydrogen-bond acceptors (Lipinski definition) is 3. The topological polar surface area (TPSA) is 41.6 Å². The Bertz CT molecular complexity index is 534. The molecule has 0 saturated carbocycles. The van der Waals surface area contributed by atoms with Gasteiger partial charge in [0.05, 0.1) is 0 Å². The van der Waals surface area contributed by atoms with Crippen LogP contribution in [-0.4, -0.2) is 43.1 Å². The maximum atomic E-state index is 12.6. The van der Waals surface area contributed by atoms with Gasteiger partial charge in [-0.3, -0.25) is 4.79 Å². The molecule has 1 unspecified atom stereocenters. The van der Waals surface area contributed by atoms with Crippen molar-refractivity contribution in [2.45, 2.75) is 58.6 Å². The first kappa shape index (κ1) is 17.8. The molecule has 0 aliphatic carbocycles. The van der Waals surface area contributed by atoms with Crippen LogP contribution in [0.3, 0.4) is 0 Å². The van der Waals surface area contributed by atoms with Gasteiger partial charge in [0, 0.05) is 19.1 Å². The fourth-order valence-corrected chi connectivity index (χ4v) is 3.11. The van der Waals surface area contributed by atoms with Crippen LogP contribution in [-0.2, 0) is 4.79 Å². The molecule has 0 spiro atoms. The Balaban J connectivity index is 2.03. The lowest BCUT2D eigenvalue weighted by molar-refractivity contribution is -0.139. The molecular formula is C19H30N2O2. The number of carbonyl (C=O) groups excluding carboxylic acids is 1. The number of hydrogen-bond donors (Lipinski definition) is 1. The van der Waals surface area contributed by atoms with E-state index >= 15 is 0 Å². The largest absolute Gasteiger partial charge is 0.481 e. The van der Waals surface area contributed by atoms with Gasteiger partial charge in [0.15, 0.2) is 6.10 Å². The van der Waals surface area contributed by atoms with Crippen LogP contribution in [0.4, 0.5) is 0 Å². The Morgan fingerprint density at radius 3 is 2.48 bits per heavy atom. The van der Waals surface area contributed by atoms with E-state index in [-0.39, 0.29) is 5.91 Å². The third-order valence-electron chi connectivity index (χ3n) is 4.66. The van der Waals surface area contributed by atoms with Crippen LogP contribution in [0, 0.1) is 6.92 Å². The third-order valence-corrected chi connectivity index (χ3v) is 4.66. The van der Waals surface area contributed by atoms with E-state index in [2.05, 4.69) is 31.3 Å². The van der Waals surface area contributed by atoms with Crippen molar-refractivity contribution < 1.29 is 9.53 Å². The van der Waals surface area contributed by atoms with Crippen molar-refractivity contribution in [3.63, 3.8) is 0 Å². The molecule has 0 radical (unpaired) electrons. The Morgan fingerprint density at radius 1 is 1.26 bits per heavy atom. The summed E-state index contributed by atoms with van der Waals surface area (Å²) in [5.74, 6) is 1.31. The molecule has 0 aromatic heterocycles. The molecule has 23 heavy (non-hydrogen) atoms. The molecule has 2 rings (SSSR count). The maximum Gasteiger partial charge on any atom is 0.263 e. The van der Waals surface area contributed by atoms with E-state index in [1.165, 1.54) is 0 Å². The second-order valence-corrected chi connectivity index (χ2v) is 6.84. The lowest BCUT2D eigenvalue weighted by Gasteiger charge is -2.33. The molecule has 0 bridgehead atoms. The molecule has 1 aliphatic rings. The number of piperidine rings is 1.